The van der Waals surface area contributed by atoms with Crippen LogP contribution in [0.2, 0.25) is 0 Å². The Kier molecular flexibility index (Phi) is 10.8. The number of rotatable bonds is 11. The second kappa shape index (κ2) is 13.6. The Bertz CT molecular complexity index is 1430. The minimum absolute atomic E-state index is 0.587. The lowest BCUT2D eigenvalue weighted by Crippen LogP contribution is -2.56. The summed E-state index contributed by atoms with van der Waals surface area (Å²) >= 11 is 0. The lowest BCUT2D eigenvalue weighted by Gasteiger charge is -2.39. The van der Waals surface area contributed by atoms with Crippen molar-refractivity contribution in [2.24, 2.45) is 5.11 Å². The minimum atomic E-state index is -5.65. The number of hydrogen-bond acceptors (Lipinski definition) is 16. The molecule has 2 fully saturated rings. The molecular formula is C18H25N5O17P2. The normalized spacial score (nSPS) is 32.1. The lowest BCUT2D eigenvalue weighted by molar-refractivity contribution is -0.237. The van der Waals surface area contributed by atoms with Gasteiger partial charge in [-0.1, -0.05) is 5.11 Å². The van der Waals surface area contributed by atoms with Gasteiger partial charge in [0.15, 0.2) is 18.4 Å². The van der Waals surface area contributed by atoms with E-state index in [2.05, 4.69) is 18.9 Å². The molecule has 24 heteroatoms. The predicted octanol–water partition coefficient (Wildman–Crippen LogP) is -1.69. The number of nitrogens with zero attached hydrogens (tertiary/aromatic N) is 4. The van der Waals surface area contributed by atoms with Gasteiger partial charge >= 0.3 is 33.3 Å². The maximum absolute atomic E-state index is 12.6. The molecule has 0 bridgehead atoms. The second-order valence-electron chi connectivity index (χ2n) is 8.61. The van der Waals surface area contributed by atoms with Crippen molar-refractivity contribution in [2.75, 3.05) is 13.2 Å². The Morgan fingerprint density at radius 1 is 1.14 bits per heavy atom. The van der Waals surface area contributed by atoms with Crippen molar-refractivity contribution in [1.29, 1.82) is 0 Å². The number of carbonyl (C=O) groups excluding carboxylic acids is 2. The van der Waals surface area contributed by atoms with E-state index in [1.165, 1.54) is 0 Å². The maximum Gasteiger partial charge on any atom is 0.483 e. The molecule has 5 N–H and O–H groups in total. The van der Waals surface area contributed by atoms with Crippen molar-refractivity contribution >= 4 is 27.6 Å². The smallest absolute Gasteiger partial charge is 0.458 e. The fourth-order valence-corrected chi connectivity index (χ4v) is 6.03. The standard InChI is InChI=1S/C18H25N5O17P2/c1-7(24)36-14-9(21-22-19)5-34-17(15(14)37-8(2)25)39-42(32,33)40-41(30,31)35-6-10-12(27)13(28)16(38-10)23-4-3-11(26)20-18(23)29/h3-4,9-10,12-17,27-28H,5-6H2,1-2H3,(H,30,31)(H,32,33)(H,20,26,29)/t9?,10-,12-,13-,14+,15-,16-,17-/m1/s1. The van der Waals surface area contributed by atoms with Crippen molar-refractivity contribution in [3.63, 3.8) is 0 Å². The average Bonchev–Trinajstić information content (AvgIpc) is 3.13. The van der Waals surface area contributed by atoms with Gasteiger partial charge in [0.25, 0.3) is 5.56 Å². The quantitative estimate of drug-likeness (QED) is 0.0589. The summed E-state index contributed by atoms with van der Waals surface area (Å²) in [6.45, 7) is 0.252. The number of esters is 2. The molecule has 0 radical (unpaired) electrons. The van der Waals surface area contributed by atoms with Gasteiger partial charge in [0, 0.05) is 31.0 Å². The zero-order chi connectivity index (χ0) is 31.4. The van der Waals surface area contributed by atoms with Gasteiger partial charge in [-0.3, -0.25) is 33.0 Å². The number of carbonyl (C=O) groups is 2. The van der Waals surface area contributed by atoms with Gasteiger partial charge in [0.1, 0.15) is 24.4 Å². The number of phosphoric acid groups is 2. The zero-order valence-electron chi connectivity index (χ0n) is 21.5. The number of aliphatic hydroxyl groups is 2. The van der Waals surface area contributed by atoms with Gasteiger partial charge in [0.2, 0.25) is 6.29 Å². The molecule has 1 aromatic rings. The molecular weight excluding hydrogens is 620 g/mol. The van der Waals surface area contributed by atoms with Gasteiger partial charge in [-0.05, 0) is 5.53 Å². The first-order chi connectivity index (χ1) is 19.5. The van der Waals surface area contributed by atoms with Crippen molar-refractivity contribution in [3.8, 4) is 0 Å². The zero-order valence-corrected chi connectivity index (χ0v) is 23.3. The van der Waals surface area contributed by atoms with Gasteiger partial charge in [0.05, 0.1) is 13.2 Å². The lowest BCUT2D eigenvalue weighted by atomic mass is 10.0. The Hall–Kier alpha value is -2.97. The van der Waals surface area contributed by atoms with E-state index in [0.29, 0.717) is 0 Å². The molecule has 3 heterocycles. The molecule has 0 aromatic carbocycles. The van der Waals surface area contributed by atoms with Crippen LogP contribution in [0.3, 0.4) is 0 Å². The number of nitrogens with one attached hydrogen (secondary N) is 1. The Morgan fingerprint density at radius 2 is 1.79 bits per heavy atom. The van der Waals surface area contributed by atoms with E-state index in [1.54, 1.807) is 0 Å². The van der Waals surface area contributed by atoms with Crippen LogP contribution in [0.15, 0.2) is 27.0 Å². The van der Waals surface area contributed by atoms with Crippen molar-refractivity contribution in [2.45, 2.75) is 62.9 Å². The molecule has 10 atom stereocenters. The number of ether oxygens (including phenoxy) is 4. The molecule has 1 aromatic heterocycles. The van der Waals surface area contributed by atoms with E-state index < -0.39 is 101 Å². The Morgan fingerprint density at radius 3 is 2.38 bits per heavy atom. The van der Waals surface area contributed by atoms with E-state index in [0.717, 1.165) is 30.7 Å². The molecule has 3 unspecified atom stereocenters. The van der Waals surface area contributed by atoms with Crippen molar-refractivity contribution in [3.05, 3.63) is 43.5 Å². The summed E-state index contributed by atoms with van der Waals surface area (Å²) in [5, 5.41) is 23.8. The van der Waals surface area contributed by atoms with E-state index in [4.69, 9.17) is 29.0 Å². The number of azide groups is 1. The van der Waals surface area contributed by atoms with Crippen LogP contribution >= 0.6 is 15.6 Å². The number of H-pyrrole nitrogens is 1. The number of aromatic amines is 1. The van der Waals surface area contributed by atoms with Gasteiger partial charge in [-0.15, -0.1) is 0 Å². The molecule has 3 rings (SSSR count). The minimum Gasteiger partial charge on any atom is -0.458 e. The first-order valence-electron chi connectivity index (χ1n) is 11.6. The monoisotopic (exact) mass is 645 g/mol. The van der Waals surface area contributed by atoms with Gasteiger partial charge < -0.3 is 38.9 Å². The van der Waals surface area contributed by atoms with E-state index >= 15 is 0 Å². The second-order valence-corrected chi connectivity index (χ2v) is 11.6. The highest BCUT2D eigenvalue weighted by atomic mass is 31.3. The molecule has 0 spiro atoms. The third kappa shape index (κ3) is 8.54. The Labute approximate surface area is 233 Å². The molecule has 2 aliphatic rings. The number of aliphatic hydroxyl groups excluding tert-OH is 2. The van der Waals surface area contributed by atoms with Crippen LogP contribution in [0.25, 0.3) is 10.4 Å². The number of phosphoric ester groups is 2. The summed E-state index contributed by atoms with van der Waals surface area (Å²) in [4.78, 5) is 71.0. The third-order valence-electron chi connectivity index (χ3n) is 5.51. The first kappa shape index (κ1) is 33.5. The fourth-order valence-electron chi connectivity index (χ4n) is 3.86. The number of hydrogen-bond donors (Lipinski definition) is 5. The first-order valence-corrected chi connectivity index (χ1v) is 14.6. The van der Waals surface area contributed by atoms with E-state index in [-0.39, 0.29) is 0 Å². The summed E-state index contributed by atoms with van der Waals surface area (Å²) in [5.41, 5.74) is 6.99. The van der Waals surface area contributed by atoms with E-state index in [9.17, 15) is 48.3 Å². The molecule has 0 aliphatic carbocycles. The van der Waals surface area contributed by atoms with E-state index in [1.807, 2.05) is 4.98 Å². The van der Waals surface area contributed by atoms with Crippen molar-refractivity contribution in [1.82, 2.24) is 9.55 Å². The average molecular weight is 645 g/mol. The maximum atomic E-state index is 12.6. The highest BCUT2D eigenvalue weighted by Gasteiger charge is 2.50. The molecule has 2 saturated heterocycles. The molecule has 234 valence electrons. The summed E-state index contributed by atoms with van der Waals surface area (Å²) in [6, 6.07) is -0.353. The topological polar surface area (TPSA) is 317 Å². The van der Waals surface area contributed by atoms with Crippen LogP contribution in [0.5, 0.6) is 0 Å². The van der Waals surface area contributed by atoms with Crippen LogP contribution < -0.4 is 11.2 Å². The molecule has 42 heavy (non-hydrogen) atoms. The summed E-state index contributed by atoms with van der Waals surface area (Å²) in [7, 11) is -11.2. The van der Waals surface area contributed by atoms with Crippen LogP contribution in [0.4, 0.5) is 0 Å². The van der Waals surface area contributed by atoms with Gasteiger partial charge in [-0.2, -0.15) is 4.31 Å². The molecule has 22 nitrogen and oxygen atoms in total. The highest BCUT2D eigenvalue weighted by Crippen LogP contribution is 2.61. The molecule has 2 aliphatic heterocycles. The third-order valence-corrected chi connectivity index (χ3v) is 8.11. The van der Waals surface area contributed by atoms with Crippen LogP contribution in [-0.4, -0.2) is 97.6 Å². The largest absolute Gasteiger partial charge is 0.483 e. The van der Waals surface area contributed by atoms with Crippen LogP contribution in [-0.2, 0) is 51.0 Å². The SMILES string of the molecule is CC(=O)O[C@H]1[C@@H](OP(=O)(O)OP(=O)(O)OC[C@H]2O[C@@H](n3ccc(=O)[nH]c3=O)[C@H](O)[C@@H]2O)OCC(N=[N+]=[N-])[C@@H]1OC(C)=O. The predicted molar refractivity (Wildman–Crippen MR) is 129 cm³/mol. The summed E-state index contributed by atoms with van der Waals surface area (Å²) in [5.74, 6) is -1.94. The van der Waals surface area contributed by atoms with Crippen molar-refractivity contribution < 1.29 is 71.0 Å². The number of aromatic nitrogens is 2. The molecule has 0 amide bonds. The van der Waals surface area contributed by atoms with Crippen LogP contribution in [0, 0.1) is 0 Å². The van der Waals surface area contributed by atoms with Gasteiger partial charge in [-0.25, -0.2) is 13.9 Å². The molecule has 0 saturated carbocycles. The summed E-state index contributed by atoms with van der Waals surface area (Å²) in [6.07, 6.45) is -11.3. The fraction of sp³-hybridized carbons (Fsp3) is 0.667. The highest BCUT2D eigenvalue weighted by molar-refractivity contribution is 7.61. The Balaban J connectivity index is 1.69. The summed E-state index contributed by atoms with van der Waals surface area (Å²) < 4.78 is 59.7. The van der Waals surface area contributed by atoms with Crippen LogP contribution in [0.1, 0.15) is 20.1 Å².